The zero-order chi connectivity index (χ0) is 21.2. The molecule has 1 amide bonds. The molecule has 156 valence electrons. The Balaban J connectivity index is 2.12. The van der Waals surface area contributed by atoms with E-state index in [9.17, 15) is 13.6 Å². The number of hydrogen-bond donors (Lipinski definition) is 2. The normalized spacial score (nSPS) is 19.1. The minimum Gasteiger partial charge on any atom is -0.368 e. The molecule has 1 aliphatic rings. The highest BCUT2D eigenvalue weighted by Crippen LogP contribution is 2.37. The van der Waals surface area contributed by atoms with Crippen LogP contribution in [0, 0.1) is 11.6 Å². The van der Waals surface area contributed by atoms with E-state index < -0.39 is 17.2 Å². The number of halogens is 2. The predicted molar refractivity (Wildman–Crippen MR) is 111 cm³/mol. The summed E-state index contributed by atoms with van der Waals surface area (Å²) in [5, 5.41) is 3.03. The van der Waals surface area contributed by atoms with E-state index in [2.05, 4.69) is 10.3 Å². The molecule has 2 heterocycles. The van der Waals surface area contributed by atoms with Crippen LogP contribution in [0.3, 0.4) is 0 Å². The molecule has 7 heteroatoms. The average Bonchev–Trinajstić information content (AvgIpc) is 3.04. The van der Waals surface area contributed by atoms with Crippen LogP contribution in [0.1, 0.15) is 50.4 Å². The Bertz CT molecular complexity index is 876. The molecule has 1 aromatic heterocycles. The van der Waals surface area contributed by atoms with Gasteiger partial charge in [-0.25, -0.2) is 8.78 Å². The van der Waals surface area contributed by atoms with Gasteiger partial charge in [-0.05, 0) is 43.9 Å². The fourth-order valence-corrected chi connectivity index (χ4v) is 3.81. The molecule has 3 N–H and O–H groups in total. The van der Waals surface area contributed by atoms with Gasteiger partial charge in [0.15, 0.2) is 0 Å². The third-order valence-corrected chi connectivity index (χ3v) is 5.48. The SMILES string of the molecule is CCC(CC)NC(=O)c1cncc(-c2cc(F)cc(F)c2)c1N1CC[C@](C)(N)C1. The van der Waals surface area contributed by atoms with Crippen molar-refractivity contribution in [2.45, 2.75) is 51.6 Å². The number of nitrogens with zero attached hydrogens (tertiary/aromatic N) is 2. The largest absolute Gasteiger partial charge is 0.368 e. The van der Waals surface area contributed by atoms with E-state index in [1.54, 1.807) is 6.20 Å². The van der Waals surface area contributed by atoms with Crippen LogP contribution in [0.2, 0.25) is 0 Å². The highest BCUT2D eigenvalue weighted by molar-refractivity contribution is 6.03. The lowest BCUT2D eigenvalue weighted by atomic mass is 10.0. The maximum Gasteiger partial charge on any atom is 0.255 e. The zero-order valence-electron chi connectivity index (χ0n) is 17.1. The topological polar surface area (TPSA) is 71.2 Å². The summed E-state index contributed by atoms with van der Waals surface area (Å²) in [4.78, 5) is 19.3. The van der Waals surface area contributed by atoms with Crippen LogP contribution in [0.25, 0.3) is 11.1 Å². The number of aromatic nitrogens is 1. The first kappa shape index (κ1) is 21.2. The van der Waals surface area contributed by atoms with E-state index >= 15 is 0 Å². The van der Waals surface area contributed by atoms with Gasteiger partial charge in [-0.2, -0.15) is 0 Å². The van der Waals surface area contributed by atoms with Crippen molar-refractivity contribution in [2.75, 3.05) is 18.0 Å². The first-order valence-corrected chi connectivity index (χ1v) is 10.0. The van der Waals surface area contributed by atoms with E-state index in [1.165, 1.54) is 18.3 Å². The number of benzene rings is 1. The van der Waals surface area contributed by atoms with Crippen LogP contribution >= 0.6 is 0 Å². The maximum absolute atomic E-state index is 13.9. The first-order valence-electron chi connectivity index (χ1n) is 10.0. The van der Waals surface area contributed by atoms with E-state index in [1.807, 2.05) is 25.7 Å². The van der Waals surface area contributed by atoms with Gasteiger partial charge in [-0.1, -0.05) is 13.8 Å². The first-order chi connectivity index (χ1) is 13.7. The van der Waals surface area contributed by atoms with Crippen molar-refractivity contribution in [3.05, 3.63) is 47.8 Å². The number of carbonyl (C=O) groups is 1. The Kier molecular flexibility index (Phi) is 6.17. The maximum atomic E-state index is 13.9. The Morgan fingerprint density at radius 3 is 2.45 bits per heavy atom. The van der Waals surface area contributed by atoms with E-state index in [-0.39, 0.29) is 11.9 Å². The molecule has 1 aromatic carbocycles. The third-order valence-electron chi connectivity index (χ3n) is 5.48. The highest BCUT2D eigenvalue weighted by atomic mass is 19.1. The second-order valence-corrected chi connectivity index (χ2v) is 8.05. The number of hydrogen-bond acceptors (Lipinski definition) is 4. The van der Waals surface area contributed by atoms with Gasteiger partial charge in [-0.15, -0.1) is 0 Å². The molecule has 3 rings (SSSR count). The van der Waals surface area contributed by atoms with Crippen LogP contribution in [-0.4, -0.2) is 35.6 Å². The van der Waals surface area contributed by atoms with Crippen molar-refractivity contribution >= 4 is 11.6 Å². The second kappa shape index (κ2) is 8.45. The number of carbonyl (C=O) groups excluding carboxylic acids is 1. The Hall–Kier alpha value is -2.54. The van der Waals surface area contributed by atoms with Crippen molar-refractivity contribution < 1.29 is 13.6 Å². The second-order valence-electron chi connectivity index (χ2n) is 8.05. The Morgan fingerprint density at radius 1 is 1.24 bits per heavy atom. The summed E-state index contributed by atoms with van der Waals surface area (Å²) in [5.41, 5.74) is 7.76. The Labute approximate surface area is 170 Å². The molecule has 0 bridgehead atoms. The number of amides is 1. The van der Waals surface area contributed by atoms with Crippen molar-refractivity contribution in [3.8, 4) is 11.1 Å². The van der Waals surface area contributed by atoms with E-state index in [0.29, 0.717) is 35.5 Å². The standard InChI is InChI=1S/C22H28F2N4O/c1-4-17(5-2)27-21(29)19-12-26-11-18(14-8-15(23)10-16(24)9-14)20(19)28-7-6-22(3,25)13-28/h8-12,17H,4-7,13,25H2,1-3H3,(H,27,29)/t22-/m0/s1. The molecule has 2 aromatic rings. The molecule has 0 radical (unpaired) electrons. The van der Waals surface area contributed by atoms with Crippen LogP contribution in [0.15, 0.2) is 30.6 Å². The van der Waals surface area contributed by atoms with Gasteiger partial charge in [-0.3, -0.25) is 9.78 Å². The molecule has 1 aliphatic heterocycles. The molecule has 29 heavy (non-hydrogen) atoms. The van der Waals surface area contributed by atoms with Gasteiger partial charge >= 0.3 is 0 Å². The van der Waals surface area contributed by atoms with Crippen molar-refractivity contribution in [1.29, 1.82) is 0 Å². The van der Waals surface area contributed by atoms with Crippen LogP contribution in [0.4, 0.5) is 14.5 Å². The zero-order valence-corrected chi connectivity index (χ0v) is 17.1. The van der Waals surface area contributed by atoms with Crippen molar-refractivity contribution in [3.63, 3.8) is 0 Å². The monoisotopic (exact) mass is 402 g/mol. The van der Waals surface area contributed by atoms with E-state index in [4.69, 9.17) is 5.73 Å². The molecular formula is C22H28F2N4O. The summed E-state index contributed by atoms with van der Waals surface area (Å²) in [6, 6.07) is 3.38. The van der Waals surface area contributed by atoms with Crippen LogP contribution in [-0.2, 0) is 0 Å². The molecule has 5 nitrogen and oxygen atoms in total. The quantitative estimate of drug-likeness (QED) is 0.769. The minimum atomic E-state index is -0.678. The van der Waals surface area contributed by atoms with Crippen LogP contribution < -0.4 is 16.0 Å². The summed E-state index contributed by atoms with van der Waals surface area (Å²) >= 11 is 0. The number of pyridine rings is 1. The van der Waals surface area contributed by atoms with Gasteiger partial charge in [0, 0.05) is 48.7 Å². The molecule has 1 fully saturated rings. The fraction of sp³-hybridized carbons (Fsp3) is 0.455. The van der Waals surface area contributed by atoms with Crippen molar-refractivity contribution in [2.24, 2.45) is 5.73 Å². The van der Waals surface area contributed by atoms with Gasteiger partial charge in [0.05, 0.1) is 11.3 Å². The third kappa shape index (κ3) is 4.72. The molecule has 0 unspecified atom stereocenters. The fourth-order valence-electron chi connectivity index (χ4n) is 3.81. The lowest BCUT2D eigenvalue weighted by Gasteiger charge is -2.27. The lowest BCUT2D eigenvalue weighted by molar-refractivity contribution is 0.0935. The summed E-state index contributed by atoms with van der Waals surface area (Å²) in [6.07, 6.45) is 5.43. The number of anilines is 1. The molecule has 0 saturated carbocycles. The van der Waals surface area contributed by atoms with Gasteiger partial charge in [0.25, 0.3) is 5.91 Å². The Morgan fingerprint density at radius 2 is 1.90 bits per heavy atom. The number of nitrogens with one attached hydrogen (secondary N) is 1. The summed E-state index contributed by atoms with van der Waals surface area (Å²) < 4.78 is 27.8. The molecule has 0 spiro atoms. The lowest BCUT2D eigenvalue weighted by Crippen LogP contribution is -2.40. The summed E-state index contributed by atoms with van der Waals surface area (Å²) in [7, 11) is 0. The van der Waals surface area contributed by atoms with E-state index in [0.717, 1.165) is 25.3 Å². The number of rotatable bonds is 6. The highest BCUT2D eigenvalue weighted by Gasteiger charge is 2.33. The molecule has 0 aliphatic carbocycles. The average molecular weight is 402 g/mol. The molecule has 1 atom stereocenters. The molecular weight excluding hydrogens is 374 g/mol. The van der Waals surface area contributed by atoms with Gasteiger partial charge in [0.1, 0.15) is 11.6 Å². The van der Waals surface area contributed by atoms with Crippen molar-refractivity contribution in [1.82, 2.24) is 10.3 Å². The van der Waals surface area contributed by atoms with Gasteiger partial charge < -0.3 is 16.0 Å². The minimum absolute atomic E-state index is 0.0453. The smallest absolute Gasteiger partial charge is 0.255 e. The number of nitrogens with two attached hydrogens (primary N) is 1. The van der Waals surface area contributed by atoms with Crippen LogP contribution in [0.5, 0.6) is 0 Å². The predicted octanol–water partition coefficient (Wildman–Crippen LogP) is 3.87. The molecule has 1 saturated heterocycles. The van der Waals surface area contributed by atoms with Gasteiger partial charge in [0.2, 0.25) is 0 Å². The summed E-state index contributed by atoms with van der Waals surface area (Å²) in [5.74, 6) is -1.60. The summed E-state index contributed by atoms with van der Waals surface area (Å²) in [6.45, 7) is 7.17.